The van der Waals surface area contributed by atoms with Gasteiger partial charge in [-0.3, -0.25) is 4.79 Å². The van der Waals surface area contributed by atoms with E-state index in [0.717, 1.165) is 41.6 Å². The van der Waals surface area contributed by atoms with E-state index in [-0.39, 0.29) is 11.7 Å². The lowest BCUT2D eigenvalue weighted by Crippen LogP contribution is -2.28. The number of aryl methyl sites for hydroxylation is 2. The number of hydrogen-bond acceptors (Lipinski definition) is 1. The van der Waals surface area contributed by atoms with Gasteiger partial charge in [0.15, 0.2) is 0 Å². The van der Waals surface area contributed by atoms with Gasteiger partial charge in [0.1, 0.15) is 5.82 Å². The first kappa shape index (κ1) is 14.8. The van der Waals surface area contributed by atoms with E-state index in [0.29, 0.717) is 0 Å². The van der Waals surface area contributed by atoms with E-state index in [1.54, 1.807) is 12.1 Å². The molecule has 0 spiro atoms. The highest BCUT2D eigenvalue weighted by Gasteiger charge is 2.51. The Labute approximate surface area is 130 Å². The molecule has 3 rings (SSSR count). The summed E-state index contributed by atoms with van der Waals surface area (Å²) in [5.74, 6) is -0.254. The fraction of sp³-hybridized carbons (Fsp3) is 0.316. The van der Waals surface area contributed by atoms with Gasteiger partial charge in [-0.1, -0.05) is 37.3 Å². The molecule has 1 saturated carbocycles. The highest BCUT2D eigenvalue weighted by Crippen LogP contribution is 2.49. The summed E-state index contributed by atoms with van der Waals surface area (Å²) in [4.78, 5) is 12.8. The first-order valence-corrected chi connectivity index (χ1v) is 7.73. The number of hydrogen-bond donors (Lipinski definition) is 1. The van der Waals surface area contributed by atoms with Crippen molar-refractivity contribution in [1.29, 1.82) is 0 Å². The molecule has 1 amide bonds. The Hall–Kier alpha value is -2.16. The van der Waals surface area contributed by atoms with Crippen molar-refractivity contribution < 1.29 is 9.18 Å². The monoisotopic (exact) mass is 297 g/mol. The zero-order chi connectivity index (χ0) is 15.7. The fourth-order valence-corrected chi connectivity index (χ4v) is 2.98. The van der Waals surface area contributed by atoms with Crippen LogP contribution in [0.5, 0.6) is 0 Å². The third-order valence-electron chi connectivity index (χ3n) is 4.56. The van der Waals surface area contributed by atoms with Crippen LogP contribution in [0, 0.1) is 12.7 Å². The predicted molar refractivity (Wildman–Crippen MR) is 86.5 cm³/mol. The Morgan fingerprint density at radius 3 is 2.45 bits per heavy atom. The summed E-state index contributed by atoms with van der Waals surface area (Å²) in [5, 5.41) is 3.11. The number of para-hydroxylation sites is 1. The number of halogens is 1. The molecule has 0 atom stereocenters. The van der Waals surface area contributed by atoms with Crippen LogP contribution in [-0.4, -0.2) is 5.91 Å². The van der Waals surface area contributed by atoms with Gasteiger partial charge in [-0.15, -0.1) is 0 Å². The topological polar surface area (TPSA) is 29.1 Å². The highest BCUT2D eigenvalue weighted by molar-refractivity contribution is 6.02. The molecule has 114 valence electrons. The third kappa shape index (κ3) is 2.52. The largest absolute Gasteiger partial charge is 0.325 e. The molecule has 22 heavy (non-hydrogen) atoms. The summed E-state index contributed by atoms with van der Waals surface area (Å²) in [7, 11) is 0. The molecular weight excluding hydrogens is 277 g/mol. The predicted octanol–water partition coefficient (Wildman–Crippen LogP) is 4.37. The van der Waals surface area contributed by atoms with E-state index < -0.39 is 5.41 Å². The lowest BCUT2D eigenvalue weighted by molar-refractivity contribution is -0.118. The number of benzene rings is 2. The third-order valence-corrected chi connectivity index (χ3v) is 4.56. The van der Waals surface area contributed by atoms with E-state index in [1.807, 2.05) is 25.1 Å². The normalized spacial score (nSPS) is 15.4. The van der Waals surface area contributed by atoms with Crippen molar-refractivity contribution >= 4 is 11.6 Å². The van der Waals surface area contributed by atoms with Crippen molar-refractivity contribution in [3.05, 3.63) is 65.0 Å². The summed E-state index contributed by atoms with van der Waals surface area (Å²) in [6.07, 6.45) is 2.51. The SMILES string of the molecule is CCc1cccc(C)c1NC(=O)C1(c2ccc(F)cc2)CC1. The number of anilines is 1. The Balaban J connectivity index is 1.88. The van der Waals surface area contributed by atoms with Crippen molar-refractivity contribution in [2.24, 2.45) is 0 Å². The molecule has 2 nitrogen and oxygen atoms in total. The second-order valence-corrected chi connectivity index (χ2v) is 6.01. The molecule has 3 heteroatoms. The number of rotatable bonds is 4. The van der Waals surface area contributed by atoms with Crippen LogP contribution in [0.3, 0.4) is 0 Å². The van der Waals surface area contributed by atoms with Crippen molar-refractivity contribution in [2.45, 2.75) is 38.5 Å². The minimum atomic E-state index is -0.485. The molecule has 1 N–H and O–H groups in total. The molecule has 0 bridgehead atoms. The molecule has 0 unspecified atom stereocenters. The van der Waals surface area contributed by atoms with E-state index in [1.165, 1.54) is 12.1 Å². The quantitative estimate of drug-likeness (QED) is 0.892. The van der Waals surface area contributed by atoms with Crippen molar-refractivity contribution in [1.82, 2.24) is 0 Å². The smallest absolute Gasteiger partial charge is 0.235 e. The molecule has 0 radical (unpaired) electrons. The minimum Gasteiger partial charge on any atom is -0.325 e. The first-order valence-electron chi connectivity index (χ1n) is 7.73. The number of nitrogens with one attached hydrogen (secondary N) is 1. The Bertz CT molecular complexity index is 702. The molecular formula is C19H20FNO. The Morgan fingerprint density at radius 2 is 1.86 bits per heavy atom. The second kappa shape index (κ2) is 5.56. The summed E-state index contributed by atoms with van der Waals surface area (Å²) in [6, 6.07) is 12.4. The van der Waals surface area contributed by atoms with Crippen molar-refractivity contribution in [3.63, 3.8) is 0 Å². The van der Waals surface area contributed by atoms with Crippen LogP contribution >= 0.6 is 0 Å². The maximum atomic E-state index is 13.1. The van der Waals surface area contributed by atoms with Gasteiger partial charge in [0, 0.05) is 5.69 Å². The van der Waals surface area contributed by atoms with Gasteiger partial charge in [-0.05, 0) is 55.0 Å². The van der Waals surface area contributed by atoms with E-state index in [9.17, 15) is 9.18 Å². The van der Waals surface area contributed by atoms with Gasteiger partial charge in [-0.25, -0.2) is 4.39 Å². The van der Waals surface area contributed by atoms with Crippen LogP contribution in [0.25, 0.3) is 0 Å². The van der Waals surface area contributed by atoms with Gasteiger partial charge in [0.25, 0.3) is 0 Å². The van der Waals surface area contributed by atoms with Gasteiger partial charge < -0.3 is 5.32 Å². The fourth-order valence-electron chi connectivity index (χ4n) is 2.98. The molecule has 2 aromatic carbocycles. The number of carbonyl (C=O) groups is 1. The first-order chi connectivity index (χ1) is 10.6. The minimum absolute atomic E-state index is 0.0168. The maximum Gasteiger partial charge on any atom is 0.235 e. The second-order valence-electron chi connectivity index (χ2n) is 6.01. The summed E-state index contributed by atoms with van der Waals surface area (Å²) >= 11 is 0. The van der Waals surface area contributed by atoms with E-state index >= 15 is 0 Å². The van der Waals surface area contributed by atoms with E-state index in [2.05, 4.69) is 12.2 Å². The van der Waals surface area contributed by atoms with Crippen molar-refractivity contribution in [2.75, 3.05) is 5.32 Å². The van der Waals surface area contributed by atoms with Gasteiger partial charge in [-0.2, -0.15) is 0 Å². The summed E-state index contributed by atoms with van der Waals surface area (Å²) in [5.41, 5.74) is 3.55. The molecule has 0 saturated heterocycles. The molecule has 1 aliphatic rings. The van der Waals surface area contributed by atoms with Crippen molar-refractivity contribution in [3.8, 4) is 0 Å². The number of carbonyl (C=O) groups excluding carboxylic acids is 1. The van der Waals surface area contributed by atoms with Gasteiger partial charge in [0.05, 0.1) is 5.41 Å². The van der Waals surface area contributed by atoms with Crippen LogP contribution < -0.4 is 5.32 Å². The average molecular weight is 297 g/mol. The van der Waals surface area contributed by atoms with Crippen LogP contribution in [-0.2, 0) is 16.6 Å². The van der Waals surface area contributed by atoms with Crippen LogP contribution in [0.2, 0.25) is 0 Å². The lowest BCUT2D eigenvalue weighted by Gasteiger charge is -2.19. The molecule has 2 aromatic rings. The summed E-state index contributed by atoms with van der Waals surface area (Å²) < 4.78 is 13.1. The highest BCUT2D eigenvalue weighted by atomic mass is 19.1. The average Bonchev–Trinajstić information content (AvgIpc) is 3.31. The Kier molecular flexibility index (Phi) is 3.73. The van der Waals surface area contributed by atoms with Gasteiger partial charge in [0.2, 0.25) is 5.91 Å². The molecule has 0 aliphatic heterocycles. The Morgan fingerprint density at radius 1 is 1.18 bits per heavy atom. The summed E-state index contributed by atoms with van der Waals surface area (Å²) in [6.45, 7) is 4.09. The molecule has 1 fully saturated rings. The maximum absolute atomic E-state index is 13.1. The molecule has 0 aromatic heterocycles. The van der Waals surface area contributed by atoms with Gasteiger partial charge >= 0.3 is 0 Å². The molecule has 0 heterocycles. The van der Waals surface area contributed by atoms with Crippen LogP contribution in [0.4, 0.5) is 10.1 Å². The van der Waals surface area contributed by atoms with E-state index in [4.69, 9.17) is 0 Å². The number of amides is 1. The lowest BCUT2D eigenvalue weighted by atomic mass is 9.94. The van der Waals surface area contributed by atoms with Crippen LogP contribution in [0.1, 0.15) is 36.5 Å². The molecule has 1 aliphatic carbocycles. The van der Waals surface area contributed by atoms with Crippen LogP contribution in [0.15, 0.2) is 42.5 Å². The zero-order valence-electron chi connectivity index (χ0n) is 12.9. The standard InChI is InChI=1S/C19H20FNO/c1-3-14-6-4-5-13(2)17(14)21-18(22)19(11-12-19)15-7-9-16(20)10-8-15/h4-10H,3,11-12H2,1-2H3,(H,21,22). The zero-order valence-corrected chi connectivity index (χ0v) is 12.9.